The first-order valence-electron chi connectivity index (χ1n) is 8.68. The van der Waals surface area contributed by atoms with Crippen LogP contribution in [-0.2, 0) is 20.7 Å². The molecule has 142 valence electrons. The Hall–Kier alpha value is -3.02. The molecule has 5 nitrogen and oxygen atoms in total. The SMILES string of the molecule is C=C(C(=O)NC(Cc1ccncc1)C(=O)OCC(C)C)c1ccc(F)cc1. The number of nitrogens with zero attached hydrogens (tertiary/aromatic N) is 1. The molecule has 1 aromatic carbocycles. The maximum atomic E-state index is 13.1. The third kappa shape index (κ3) is 6.33. The normalized spacial score (nSPS) is 11.7. The fourth-order valence-corrected chi connectivity index (χ4v) is 2.32. The highest BCUT2D eigenvalue weighted by molar-refractivity contribution is 6.19. The molecule has 0 aliphatic heterocycles. The third-order valence-corrected chi connectivity index (χ3v) is 3.80. The van der Waals surface area contributed by atoms with Crippen molar-refractivity contribution in [1.82, 2.24) is 10.3 Å². The van der Waals surface area contributed by atoms with Crippen LogP contribution < -0.4 is 5.32 Å². The van der Waals surface area contributed by atoms with Crippen molar-refractivity contribution in [2.45, 2.75) is 26.3 Å². The fraction of sp³-hybridized carbons (Fsp3) is 0.286. The molecule has 1 heterocycles. The number of hydrogen-bond acceptors (Lipinski definition) is 4. The van der Waals surface area contributed by atoms with Crippen molar-refractivity contribution in [3.8, 4) is 0 Å². The first-order chi connectivity index (χ1) is 12.9. The van der Waals surface area contributed by atoms with Crippen LogP contribution in [0.1, 0.15) is 25.0 Å². The first-order valence-corrected chi connectivity index (χ1v) is 8.68. The Morgan fingerprint density at radius 1 is 1.15 bits per heavy atom. The third-order valence-electron chi connectivity index (χ3n) is 3.80. The number of rotatable bonds is 8. The molecule has 1 aromatic heterocycles. The van der Waals surface area contributed by atoms with Crippen LogP contribution in [0.5, 0.6) is 0 Å². The molecule has 1 amide bonds. The van der Waals surface area contributed by atoms with E-state index in [0.29, 0.717) is 5.56 Å². The van der Waals surface area contributed by atoms with Crippen molar-refractivity contribution in [3.05, 3.63) is 72.3 Å². The molecular weight excluding hydrogens is 347 g/mol. The number of carbonyl (C=O) groups excluding carboxylic acids is 2. The lowest BCUT2D eigenvalue weighted by molar-refractivity contribution is -0.148. The van der Waals surface area contributed by atoms with Crippen LogP contribution in [0.25, 0.3) is 5.57 Å². The molecule has 0 fully saturated rings. The molecule has 1 atom stereocenters. The van der Waals surface area contributed by atoms with Crippen LogP contribution in [0.3, 0.4) is 0 Å². The number of nitrogens with one attached hydrogen (secondary N) is 1. The number of carbonyl (C=O) groups is 2. The van der Waals surface area contributed by atoms with E-state index in [0.717, 1.165) is 5.56 Å². The molecule has 0 aliphatic carbocycles. The van der Waals surface area contributed by atoms with Crippen LogP contribution in [0.4, 0.5) is 4.39 Å². The molecule has 0 radical (unpaired) electrons. The van der Waals surface area contributed by atoms with Crippen molar-refractivity contribution in [2.24, 2.45) is 5.92 Å². The molecule has 0 bridgehead atoms. The van der Waals surface area contributed by atoms with Gasteiger partial charge in [-0.25, -0.2) is 9.18 Å². The Morgan fingerprint density at radius 2 is 1.78 bits per heavy atom. The van der Waals surface area contributed by atoms with E-state index in [-0.39, 0.29) is 24.5 Å². The molecule has 2 rings (SSSR count). The van der Waals surface area contributed by atoms with Gasteiger partial charge in [-0.3, -0.25) is 9.78 Å². The second kappa shape index (κ2) is 9.62. The molecule has 1 N–H and O–H groups in total. The molecule has 2 aromatic rings. The van der Waals surface area contributed by atoms with E-state index >= 15 is 0 Å². The van der Waals surface area contributed by atoms with Crippen LogP contribution in [0.2, 0.25) is 0 Å². The molecule has 27 heavy (non-hydrogen) atoms. The number of pyridine rings is 1. The second-order valence-corrected chi connectivity index (χ2v) is 6.59. The van der Waals surface area contributed by atoms with Gasteiger partial charge in [0.1, 0.15) is 11.9 Å². The molecule has 1 unspecified atom stereocenters. The maximum Gasteiger partial charge on any atom is 0.329 e. The zero-order valence-electron chi connectivity index (χ0n) is 15.4. The highest BCUT2D eigenvalue weighted by Crippen LogP contribution is 2.14. The van der Waals surface area contributed by atoms with Gasteiger partial charge < -0.3 is 10.1 Å². The average molecular weight is 370 g/mol. The molecule has 0 aliphatic rings. The molecule has 0 spiro atoms. The van der Waals surface area contributed by atoms with Gasteiger partial charge in [0, 0.05) is 24.4 Å². The number of amides is 1. The zero-order chi connectivity index (χ0) is 19.8. The van der Waals surface area contributed by atoms with Crippen molar-refractivity contribution < 1.29 is 18.7 Å². The van der Waals surface area contributed by atoms with E-state index in [2.05, 4.69) is 16.9 Å². The topological polar surface area (TPSA) is 68.3 Å². The second-order valence-electron chi connectivity index (χ2n) is 6.59. The number of halogens is 1. The number of aromatic nitrogens is 1. The summed E-state index contributed by atoms with van der Waals surface area (Å²) >= 11 is 0. The molecule has 6 heteroatoms. The van der Waals surface area contributed by atoms with Gasteiger partial charge in [-0.05, 0) is 41.3 Å². The minimum Gasteiger partial charge on any atom is -0.464 e. The Labute approximate surface area is 158 Å². The van der Waals surface area contributed by atoms with Crippen molar-refractivity contribution in [2.75, 3.05) is 6.61 Å². The summed E-state index contributed by atoms with van der Waals surface area (Å²) < 4.78 is 18.4. The van der Waals surface area contributed by atoms with Gasteiger partial charge >= 0.3 is 5.97 Å². The lowest BCUT2D eigenvalue weighted by Gasteiger charge is -2.19. The highest BCUT2D eigenvalue weighted by Gasteiger charge is 2.24. The Bertz CT molecular complexity index is 789. The standard InChI is InChI=1S/C21H23FN2O3/c1-14(2)13-27-21(26)19(12-16-8-10-23-11-9-16)24-20(25)15(3)17-4-6-18(22)7-5-17/h4-11,14,19H,3,12-13H2,1-2H3,(H,24,25). The summed E-state index contributed by atoms with van der Waals surface area (Å²) in [6.07, 6.45) is 3.50. The number of ether oxygens (including phenoxy) is 1. The molecule has 0 saturated heterocycles. The Morgan fingerprint density at radius 3 is 2.37 bits per heavy atom. The van der Waals surface area contributed by atoms with Crippen molar-refractivity contribution >= 4 is 17.4 Å². The van der Waals surface area contributed by atoms with E-state index < -0.39 is 23.7 Å². The van der Waals surface area contributed by atoms with E-state index in [4.69, 9.17) is 4.74 Å². The van der Waals surface area contributed by atoms with Crippen molar-refractivity contribution in [3.63, 3.8) is 0 Å². The van der Waals surface area contributed by atoms with Crippen LogP contribution >= 0.6 is 0 Å². The first kappa shape index (κ1) is 20.3. The Balaban J connectivity index is 2.11. The van der Waals surface area contributed by atoms with E-state index in [9.17, 15) is 14.0 Å². The fourth-order valence-electron chi connectivity index (χ4n) is 2.32. The van der Waals surface area contributed by atoms with Gasteiger partial charge in [0.15, 0.2) is 0 Å². The zero-order valence-corrected chi connectivity index (χ0v) is 15.4. The largest absolute Gasteiger partial charge is 0.464 e. The van der Waals surface area contributed by atoms with E-state index in [1.807, 2.05) is 13.8 Å². The van der Waals surface area contributed by atoms with Gasteiger partial charge in [0.25, 0.3) is 5.91 Å². The van der Waals surface area contributed by atoms with Gasteiger partial charge in [-0.1, -0.05) is 32.6 Å². The van der Waals surface area contributed by atoms with Crippen LogP contribution in [-0.4, -0.2) is 29.5 Å². The Kier molecular flexibility index (Phi) is 7.23. The molecule has 0 saturated carbocycles. The average Bonchev–Trinajstić information content (AvgIpc) is 2.66. The lowest BCUT2D eigenvalue weighted by atomic mass is 10.0. The smallest absolute Gasteiger partial charge is 0.329 e. The minimum absolute atomic E-state index is 0.145. The number of esters is 1. The number of benzene rings is 1. The molecular formula is C21H23FN2O3. The summed E-state index contributed by atoms with van der Waals surface area (Å²) in [5.41, 5.74) is 1.46. The lowest BCUT2D eigenvalue weighted by Crippen LogP contribution is -2.44. The predicted octanol–water partition coefficient (Wildman–Crippen LogP) is 3.16. The summed E-state index contributed by atoms with van der Waals surface area (Å²) in [6, 6.07) is 8.10. The van der Waals surface area contributed by atoms with Gasteiger partial charge in [0.05, 0.1) is 6.61 Å². The van der Waals surface area contributed by atoms with E-state index in [1.165, 1.54) is 24.3 Å². The van der Waals surface area contributed by atoms with Crippen LogP contribution in [0, 0.1) is 11.7 Å². The van der Waals surface area contributed by atoms with Gasteiger partial charge in [-0.15, -0.1) is 0 Å². The monoisotopic (exact) mass is 370 g/mol. The minimum atomic E-state index is -0.865. The summed E-state index contributed by atoms with van der Waals surface area (Å²) in [6.45, 7) is 7.88. The van der Waals surface area contributed by atoms with Gasteiger partial charge in [0.2, 0.25) is 0 Å². The summed E-state index contributed by atoms with van der Waals surface area (Å²) in [5, 5.41) is 2.67. The summed E-state index contributed by atoms with van der Waals surface area (Å²) in [4.78, 5) is 29.0. The quantitative estimate of drug-likeness (QED) is 0.572. The van der Waals surface area contributed by atoms with E-state index in [1.54, 1.807) is 24.5 Å². The number of hydrogen-bond donors (Lipinski definition) is 1. The highest BCUT2D eigenvalue weighted by atomic mass is 19.1. The van der Waals surface area contributed by atoms with Crippen molar-refractivity contribution in [1.29, 1.82) is 0 Å². The predicted molar refractivity (Wildman–Crippen MR) is 101 cm³/mol. The summed E-state index contributed by atoms with van der Waals surface area (Å²) in [5.74, 6) is -1.25. The maximum absolute atomic E-state index is 13.1. The van der Waals surface area contributed by atoms with Crippen LogP contribution in [0.15, 0.2) is 55.4 Å². The summed E-state index contributed by atoms with van der Waals surface area (Å²) in [7, 11) is 0. The van der Waals surface area contributed by atoms with Gasteiger partial charge in [-0.2, -0.15) is 0 Å².